The first-order valence-corrected chi connectivity index (χ1v) is 3.74. The molecule has 0 radical (unpaired) electrons. The molecule has 0 heterocycles. The number of carbonyl (C=O) groups excluding carboxylic acids is 1. The normalized spacial score (nSPS) is 11.2. The SMILES string of the molecule is NC(=O)Nc1cccc(C(F)(F)F)c1F. The van der Waals surface area contributed by atoms with Crippen molar-refractivity contribution in [3.63, 3.8) is 0 Å². The maximum absolute atomic E-state index is 13.1. The Morgan fingerprint density at radius 2 is 1.93 bits per heavy atom. The minimum absolute atomic E-state index is 0.571. The quantitative estimate of drug-likeness (QED) is 0.704. The fraction of sp³-hybridized carbons (Fsp3) is 0.125. The molecule has 0 atom stereocenters. The Morgan fingerprint density at radius 1 is 1.33 bits per heavy atom. The van der Waals surface area contributed by atoms with Crippen LogP contribution in [0.1, 0.15) is 5.56 Å². The second-order valence-electron chi connectivity index (χ2n) is 2.65. The predicted molar refractivity (Wildman–Crippen MR) is 44.6 cm³/mol. The first-order valence-electron chi connectivity index (χ1n) is 3.74. The van der Waals surface area contributed by atoms with Gasteiger partial charge in [-0.1, -0.05) is 6.07 Å². The topological polar surface area (TPSA) is 55.1 Å². The molecule has 0 aliphatic rings. The van der Waals surface area contributed by atoms with Crippen LogP contribution in [0.5, 0.6) is 0 Å². The van der Waals surface area contributed by atoms with Crippen molar-refractivity contribution in [1.82, 2.24) is 0 Å². The number of nitrogens with one attached hydrogen (secondary N) is 1. The average molecular weight is 222 g/mol. The van der Waals surface area contributed by atoms with Gasteiger partial charge in [0.1, 0.15) is 0 Å². The van der Waals surface area contributed by atoms with Crippen LogP contribution in [-0.2, 0) is 6.18 Å². The van der Waals surface area contributed by atoms with Crippen molar-refractivity contribution in [2.75, 3.05) is 5.32 Å². The van der Waals surface area contributed by atoms with Crippen LogP contribution < -0.4 is 11.1 Å². The lowest BCUT2D eigenvalue weighted by molar-refractivity contribution is -0.139. The number of benzene rings is 1. The lowest BCUT2D eigenvalue weighted by Gasteiger charge is -2.10. The minimum Gasteiger partial charge on any atom is -0.351 e. The number of alkyl halides is 3. The van der Waals surface area contributed by atoms with Gasteiger partial charge in [0.15, 0.2) is 5.82 Å². The summed E-state index contributed by atoms with van der Waals surface area (Å²) >= 11 is 0. The van der Waals surface area contributed by atoms with Crippen molar-refractivity contribution in [3.05, 3.63) is 29.6 Å². The maximum Gasteiger partial charge on any atom is 0.419 e. The molecule has 15 heavy (non-hydrogen) atoms. The van der Waals surface area contributed by atoms with Crippen LogP contribution in [0.15, 0.2) is 18.2 Å². The number of halogens is 4. The fourth-order valence-corrected chi connectivity index (χ4v) is 0.980. The number of nitrogens with two attached hydrogens (primary N) is 1. The minimum atomic E-state index is -4.81. The van der Waals surface area contributed by atoms with Gasteiger partial charge in [0, 0.05) is 0 Å². The van der Waals surface area contributed by atoms with Crippen molar-refractivity contribution in [3.8, 4) is 0 Å². The van der Waals surface area contributed by atoms with Gasteiger partial charge in [0.2, 0.25) is 0 Å². The van der Waals surface area contributed by atoms with Crippen molar-refractivity contribution in [2.24, 2.45) is 5.73 Å². The molecule has 0 saturated heterocycles. The molecule has 3 nitrogen and oxygen atoms in total. The Labute approximate surface area is 81.9 Å². The van der Waals surface area contributed by atoms with Gasteiger partial charge in [-0.2, -0.15) is 13.2 Å². The number of amides is 2. The van der Waals surface area contributed by atoms with Gasteiger partial charge in [0.05, 0.1) is 11.3 Å². The van der Waals surface area contributed by atoms with Gasteiger partial charge >= 0.3 is 12.2 Å². The maximum atomic E-state index is 13.1. The molecule has 1 rings (SSSR count). The van der Waals surface area contributed by atoms with E-state index < -0.39 is 29.3 Å². The third kappa shape index (κ3) is 2.58. The summed E-state index contributed by atoms with van der Waals surface area (Å²) < 4.78 is 49.7. The molecule has 1 aromatic carbocycles. The number of carbonyl (C=O) groups is 1. The Balaban J connectivity index is 3.17. The summed E-state index contributed by atoms with van der Waals surface area (Å²) in [5, 5.41) is 1.75. The molecule has 0 aromatic heterocycles. The highest BCUT2D eigenvalue weighted by Gasteiger charge is 2.34. The summed E-state index contributed by atoms with van der Waals surface area (Å²) in [5.41, 5.74) is 2.60. The van der Waals surface area contributed by atoms with Gasteiger partial charge < -0.3 is 11.1 Å². The molecule has 0 fully saturated rings. The van der Waals surface area contributed by atoms with Crippen LogP contribution in [0.4, 0.5) is 28.0 Å². The highest BCUT2D eigenvalue weighted by atomic mass is 19.4. The third-order valence-corrected chi connectivity index (χ3v) is 1.56. The third-order valence-electron chi connectivity index (χ3n) is 1.56. The Hall–Kier alpha value is -1.79. The molecule has 0 saturated carbocycles. The van der Waals surface area contributed by atoms with Gasteiger partial charge in [-0.15, -0.1) is 0 Å². The molecule has 1 aromatic rings. The lowest BCUT2D eigenvalue weighted by atomic mass is 10.2. The molecule has 0 bridgehead atoms. The molecule has 0 spiro atoms. The molecule has 2 amide bonds. The number of urea groups is 1. The summed E-state index contributed by atoms with van der Waals surface area (Å²) in [4.78, 5) is 10.3. The zero-order chi connectivity index (χ0) is 11.6. The molecule has 82 valence electrons. The average Bonchev–Trinajstić information content (AvgIpc) is 2.05. The smallest absolute Gasteiger partial charge is 0.351 e. The van der Waals surface area contributed by atoms with Crippen LogP contribution in [-0.4, -0.2) is 6.03 Å². The van der Waals surface area contributed by atoms with Crippen molar-refractivity contribution in [2.45, 2.75) is 6.18 Å². The van der Waals surface area contributed by atoms with E-state index in [-0.39, 0.29) is 0 Å². The molecule has 7 heteroatoms. The number of hydrogen-bond acceptors (Lipinski definition) is 1. The van der Waals surface area contributed by atoms with Crippen molar-refractivity contribution < 1.29 is 22.4 Å². The first-order chi connectivity index (χ1) is 6.82. The Bertz CT molecular complexity index is 389. The van der Waals surface area contributed by atoms with Crippen molar-refractivity contribution >= 4 is 11.7 Å². The lowest BCUT2D eigenvalue weighted by Crippen LogP contribution is -2.21. The standard InChI is InChI=1S/C8H6F4N2O/c9-6-4(8(10,11)12)2-1-3-5(6)14-7(13)15/h1-3H,(H3,13,14,15). The summed E-state index contributed by atoms with van der Waals surface area (Å²) in [7, 11) is 0. The monoisotopic (exact) mass is 222 g/mol. The number of hydrogen-bond donors (Lipinski definition) is 2. The van der Waals surface area contributed by atoms with Crippen LogP contribution in [0, 0.1) is 5.82 Å². The number of anilines is 1. The summed E-state index contributed by atoms with van der Waals surface area (Å²) in [6.45, 7) is 0. The zero-order valence-corrected chi connectivity index (χ0v) is 7.23. The van der Waals surface area contributed by atoms with Crippen LogP contribution >= 0.6 is 0 Å². The van der Waals surface area contributed by atoms with E-state index in [1.165, 1.54) is 0 Å². The van der Waals surface area contributed by atoms with E-state index in [0.717, 1.165) is 12.1 Å². The summed E-state index contributed by atoms with van der Waals surface area (Å²) in [6, 6.07) is 1.39. The van der Waals surface area contributed by atoms with E-state index >= 15 is 0 Å². The number of rotatable bonds is 1. The van der Waals surface area contributed by atoms with Crippen LogP contribution in [0.25, 0.3) is 0 Å². The molecular formula is C8H6F4N2O. The summed E-state index contributed by atoms with van der Waals surface area (Å²) in [6.07, 6.45) is -4.81. The van der Waals surface area contributed by atoms with Gasteiger partial charge in [-0.3, -0.25) is 0 Å². The Morgan fingerprint density at radius 3 is 2.40 bits per heavy atom. The molecule has 0 aliphatic carbocycles. The molecule has 0 aliphatic heterocycles. The van der Waals surface area contributed by atoms with Crippen LogP contribution in [0.3, 0.4) is 0 Å². The van der Waals surface area contributed by atoms with E-state index in [0.29, 0.717) is 6.07 Å². The van der Waals surface area contributed by atoms with Crippen molar-refractivity contribution in [1.29, 1.82) is 0 Å². The van der Waals surface area contributed by atoms with E-state index in [4.69, 9.17) is 0 Å². The zero-order valence-electron chi connectivity index (χ0n) is 7.23. The predicted octanol–water partition coefficient (Wildman–Crippen LogP) is 2.34. The second-order valence-corrected chi connectivity index (χ2v) is 2.65. The van der Waals surface area contributed by atoms with E-state index in [1.807, 2.05) is 0 Å². The number of primary amides is 1. The molecular weight excluding hydrogens is 216 g/mol. The van der Waals surface area contributed by atoms with E-state index in [9.17, 15) is 22.4 Å². The van der Waals surface area contributed by atoms with Gasteiger partial charge in [-0.25, -0.2) is 9.18 Å². The van der Waals surface area contributed by atoms with E-state index in [2.05, 4.69) is 5.73 Å². The molecule has 0 unspecified atom stereocenters. The highest BCUT2D eigenvalue weighted by molar-refractivity contribution is 5.88. The fourth-order valence-electron chi connectivity index (χ4n) is 0.980. The van der Waals surface area contributed by atoms with Crippen LogP contribution in [0.2, 0.25) is 0 Å². The van der Waals surface area contributed by atoms with Gasteiger partial charge in [-0.05, 0) is 12.1 Å². The molecule has 3 N–H and O–H groups in total. The second kappa shape index (κ2) is 3.76. The first kappa shape index (κ1) is 11.3. The van der Waals surface area contributed by atoms with E-state index in [1.54, 1.807) is 5.32 Å². The highest BCUT2D eigenvalue weighted by Crippen LogP contribution is 2.33. The Kier molecular flexibility index (Phi) is 2.83. The largest absolute Gasteiger partial charge is 0.419 e. The summed E-state index contributed by atoms with van der Waals surface area (Å²) in [5.74, 6) is -1.55. The van der Waals surface area contributed by atoms with Gasteiger partial charge in [0.25, 0.3) is 0 Å².